The van der Waals surface area contributed by atoms with Crippen LogP contribution in [0.1, 0.15) is 16.7 Å². The SMILES string of the molecule is N#Cc1ccc(-c2cc(C#N)ccc2-n2c3ccccc3c3cc(-c4ccc(-n5c6ccccc6c6ccccc65)cc4)ccc32)c(C#N)c1. The van der Waals surface area contributed by atoms with Crippen LogP contribution >= 0.6 is 0 Å². The van der Waals surface area contributed by atoms with Gasteiger partial charge in [0.1, 0.15) is 0 Å². The Labute approximate surface area is 287 Å². The average Bonchev–Trinajstić information content (AvgIpc) is 3.70. The maximum absolute atomic E-state index is 10.1. The predicted octanol–water partition coefficient (Wildman–Crippen LogP) is 10.8. The van der Waals surface area contributed by atoms with E-state index in [2.05, 4.69) is 130 Å². The molecule has 2 aromatic heterocycles. The first kappa shape index (κ1) is 28.8. The Kier molecular flexibility index (Phi) is 6.56. The molecule has 5 heteroatoms. The highest BCUT2D eigenvalue weighted by Gasteiger charge is 2.19. The van der Waals surface area contributed by atoms with Crippen molar-refractivity contribution in [2.45, 2.75) is 0 Å². The lowest BCUT2D eigenvalue weighted by Crippen LogP contribution is -1.99. The number of para-hydroxylation sites is 3. The lowest BCUT2D eigenvalue weighted by atomic mass is 9.95. The maximum Gasteiger partial charge on any atom is 0.0998 e. The molecule has 0 aliphatic heterocycles. The Hall–Kier alpha value is -7.39. The van der Waals surface area contributed by atoms with Crippen LogP contribution in [0.4, 0.5) is 0 Å². The highest BCUT2D eigenvalue weighted by Crippen LogP contribution is 2.39. The maximum atomic E-state index is 10.1. The molecule has 0 N–H and O–H groups in total. The summed E-state index contributed by atoms with van der Waals surface area (Å²) in [6, 6.07) is 58.0. The van der Waals surface area contributed by atoms with E-state index in [0.29, 0.717) is 22.3 Å². The molecule has 50 heavy (non-hydrogen) atoms. The average molecular weight is 636 g/mol. The van der Waals surface area contributed by atoms with E-state index in [1.165, 1.54) is 21.8 Å². The molecule has 2 heterocycles. The summed E-state index contributed by atoms with van der Waals surface area (Å²) in [6.07, 6.45) is 0. The molecule has 0 aliphatic rings. The largest absolute Gasteiger partial charge is 0.309 e. The third-order valence-electron chi connectivity index (χ3n) is 9.64. The standard InChI is InChI=1S/C45H25N5/c46-26-29-13-20-35(33(23-29)28-48)39-24-30(27-47)14-21-44(39)50-43-12-6-3-9-38(43)40-25-32(17-22-45(40)50)31-15-18-34(19-16-31)49-41-10-4-1-7-36(41)37-8-2-5-11-42(37)49/h1-25H. The molecular formula is C45H25N5. The summed E-state index contributed by atoms with van der Waals surface area (Å²) in [7, 11) is 0. The van der Waals surface area contributed by atoms with Gasteiger partial charge < -0.3 is 9.13 Å². The van der Waals surface area contributed by atoms with Crippen LogP contribution in [0.15, 0.2) is 152 Å². The van der Waals surface area contributed by atoms with E-state index >= 15 is 0 Å². The van der Waals surface area contributed by atoms with E-state index < -0.39 is 0 Å². The molecular weight excluding hydrogens is 611 g/mol. The Balaban J connectivity index is 1.20. The second kappa shape index (κ2) is 11.4. The van der Waals surface area contributed by atoms with Gasteiger partial charge in [-0.1, -0.05) is 78.9 Å². The zero-order valence-corrected chi connectivity index (χ0v) is 26.7. The van der Waals surface area contributed by atoms with Crippen LogP contribution in [0, 0.1) is 34.0 Å². The number of rotatable bonds is 4. The van der Waals surface area contributed by atoms with Crippen LogP contribution in [0.5, 0.6) is 0 Å². The quantitative estimate of drug-likeness (QED) is 0.193. The van der Waals surface area contributed by atoms with Crippen molar-refractivity contribution in [2.24, 2.45) is 0 Å². The zero-order chi connectivity index (χ0) is 33.8. The van der Waals surface area contributed by atoms with Gasteiger partial charge in [0.2, 0.25) is 0 Å². The minimum atomic E-state index is 0.382. The predicted molar refractivity (Wildman–Crippen MR) is 200 cm³/mol. The highest BCUT2D eigenvalue weighted by atomic mass is 15.0. The Bertz CT molecular complexity index is 2900. The summed E-state index contributed by atoms with van der Waals surface area (Å²) in [4.78, 5) is 0. The van der Waals surface area contributed by atoms with Crippen LogP contribution in [0.3, 0.4) is 0 Å². The molecule has 0 amide bonds. The van der Waals surface area contributed by atoms with Gasteiger partial charge in [-0.2, -0.15) is 15.8 Å². The van der Waals surface area contributed by atoms with Gasteiger partial charge in [0.25, 0.3) is 0 Å². The molecule has 0 atom stereocenters. The molecule has 5 nitrogen and oxygen atoms in total. The van der Waals surface area contributed by atoms with Crippen molar-refractivity contribution in [1.82, 2.24) is 9.13 Å². The Morgan fingerprint density at radius 3 is 1.56 bits per heavy atom. The first-order valence-electron chi connectivity index (χ1n) is 16.3. The summed E-state index contributed by atoms with van der Waals surface area (Å²) < 4.78 is 4.53. The summed E-state index contributed by atoms with van der Waals surface area (Å²) in [5.74, 6) is 0. The Morgan fingerprint density at radius 2 is 0.920 bits per heavy atom. The molecule has 9 aromatic rings. The van der Waals surface area contributed by atoms with Gasteiger partial charge in [-0.05, 0) is 83.9 Å². The summed E-state index contributed by atoms with van der Waals surface area (Å²) in [5, 5.41) is 34.0. The fourth-order valence-corrected chi connectivity index (χ4v) is 7.37. The van der Waals surface area contributed by atoms with E-state index in [9.17, 15) is 15.8 Å². The molecule has 0 radical (unpaired) electrons. The molecule has 0 fully saturated rings. The Morgan fingerprint density at radius 1 is 0.380 bits per heavy atom. The number of benzene rings is 7. The number of nitriles is 3. The first-order valence-corrected chi connectivity index (χ1v) is 16.3. The van der Waals surface area contributed by atoms with Crippen LogP contribution in [-0.2, 0) is 0 Å². The lowest BCUT2D eigenvalue weighted by molar-refractivity contribution is 1.18. The highest BCUT2D eigenvalue weighted by molar-refractivity contribution is 6.11. The van der Waals surface area contributed by atoms with Gasteiger partial charge >= 0.3 is 0 Å². The van der Waals surface area contributed by atoms with Crippen molar-refractivity contribution in [1.29, 1.82) is 15.8 Å². The molecule has 0 saturated carbocycles. The summed E-state index contributed by atoms with van der Waals surface area (Å²) >= 11 is 0. The lowest BCUT2D eigenvalue weighted by Gasteiger charge is -2.16. The minimum Gasteiger partial charge on any atom is -0.309 e. The van der Waals surface area contributed by atoms with Gasteiger partial charge in [-0.15, -0.1) is 0 Å². The number of nitrogens with zero attached hydrogens (tertiary/aromatic N) is 5. The summed E-state index contributed by atoms with van der Waals surface area (Å²) in [5.41, 5.74) is 11.3. The van der Waals surface area contributed by atoms with Crippen LogP contribution in [0.25, 0.3) is 77.2 Å². The van der Waals surface area contributed by atoms with Crippen LogP contribution in [-0.4, -0.2) is 9.13 Å². The van der Waals surface area contributed by atoms with Gasteiger partial charge in [-0.3, -0.25) is 0 Å². The van der Waals surface area contributed by atoms with Crippen molar-refractivity contribution in [3.05, 3.63) is 168 Å². The van der Waals surface area contributed by atoms with E-state index in [1.807, 2.05) is 30.3 Å². The van der Waals surface area contributed by atoms with Gasteiger partial charge in [0, 0.05) is 38.4 Å². The van der Waals surface area contributed by atoms with E-state index in [4.69, 9.17) is 0 Å². The van der Waals surface area contributed by atoms with Crippen molar-refractivity contribution in [3.63, 3.8) is 0 Å². The third-order valence-corrected chi connectivity index (χ3v) is 9.64. The molecule has 0 unspecified atom stereocenters. The van der Waals surface area contributed by atoms with E-state index in [0.717, 1.165) is 49.9 Å². The molecule has 230 valence electrons. The third kappa shape index (κ3) is 4.38. The fourth-order valence-electron chi connectivity index (χ4n) is 7.37. The molecule has 0 aliphatic carbocycles. The van der Waals surface area contributed by atoms with Crippen LogP contribution in [0.2, 0.25) is 0 Å². The zero-order valence-electron chi connectivity index (χ0n) is 26.7. The molecule has 7 aromatic carbocycles. The second-order valence-electron chi connectivity index (χ2n) is 12.3. The number of hydrogen-bond acceptors (Lipinski definition) is 3. The first-order chi connectivity index (χ1) is 24.7. The van der Waals surface area contributed by atoms with E-state index in [1.54, 1.807) is 18.2 Å². The van der Waals surface area contributed by atoms with Crippen molar-refractivity contribution in [2.75, 3.05) is 0 Å². The smallest absolute Gasteiger partial charge is 0.0998 e. The van der Waals surface area contributed by atoms with Crippen molar-refractivity contribution < 1.29 is 0 Å². The van der Waals surface area contributed by atoms with Crippen molar-refractivity contribution in [3.8, 4) is 51.8 Å². The topological polar surface area (TPSA) is 81.2 Å². The normalized spacial score (nSPS) is 11.1. The number of hydrogen-bond donors (Lipinski definition) is 0. The van der Waals surface area contributed by atoms with Gasteiger partial charge in [-0.25, -0.2) is 0 Å². The number of fused-ring (bicyclic) bond motifs is 6. The molecule has 9 rings (SSSR count). The second-order valence-corrected chi connectivity index (χ2v) is 12.3. The number of aromatic nitrogens is 2. The molecule has 0 saturated heterocycles. The minimum absolute atomic E-state index is 0.382. The van der Waals surface area contributed by atoms with E-state index in [-0.39, 0.29) is 0 Å². The summed E-state index contributed by atoms with van der Waals surface area (Å²) in [6.45, 7) is 0. The monoisotopic (exact) mass is 635 g/mol. The van der Waals surface area contributed by atoms with Crippen molar-refractivity contribution >= 4 is 43.6 Å². The molecule has 0 bridgehead atoms. The van der Waals surface area contributed by atoms with Gasteiger partial charge in [0.05, 0.1) is 62.7 Å². The molecule has 0 spiro atoms. The van der Waals surface area contributed by atoms with Gasteiger partial charge in [0.15, 0.2) is 0 Å². The fraction of sp³-hybridized carbons (Fsp3) is 0. The van der Waals surface area contributed by atoms with Crippen LogP contribution < -0.4 is 0 Å².